The number of halogens is 1. The van der Waals surface area contributed by atoms with Crippen LogP contribution in [-0.2, 0) is 6.54 Å². The Kier molecular flexibility index (Phi) is 3.21. The monoisotopic (exact) mass is 282 g/mol. The predicted molar refractivity (Wildman–Crippen MR) is 64.4 cm³/mol. The Balaban J connectivity index is 2.20. The Morgan fingerprint density at radius 1 is 1.44 bits per heavy atom. The van der Waals surface area contributed by atoms with E-state index >= 15 is 0 Å². The maximum atomic E-state index is 5.38. The highest BCUT2D eigenvalue weighted by atomic mass is 79.9. The minimum Gasteiger partial charge on any atom is -0.406 e. The van der Waals surface area contributed by atoms with E-state index in [-0.39, 0.29) is 6.54 Å². The lowest BCUT2D eigenvalue weighted by atomic mass is 10.2. The lowest BCUT2D eigenvalue weighted by Crippen LogP contribution is -1.95. The molecule has 2 rings (SSSR count). The zero-order valence-electron chi connectivity index (χ0n) is 8.70. The van der Waals surface area contributed by atoms with Crippen molar-refractivity contribution in [1.82, 2.24) is 10.2 Å². The first-order valence-electron chi connectivity index (χ1n) is 4.74. The largest absolute Gasteiger partial charge is 0.406 e. The summed E-state index contributed by atoms with van der Waals surface area (Å²) in [5, 5.41) is 10.6. The van der Waals surface area contributed by atoms with E-state index in [2.05, 4.69) is 31.4 Å². The van der Waals surface area contributed by atoms with Gasteiger partial charge in [0.2, 0.25) is 5.89 Å². The first kappa shape index (κ1) is 11.1. The van der Waals surface area contributed by atoms with Crippen LogP contribution in [0.2, 0.25) is 0 Å². The van der Waals surface area contributed by atoms with Gasteiger partial charge in [-0.15, -0.1) is 5.10 Å². The van der Waals surface area contributed by atoms with Crippen LogP contribution in [0.15, 0.2) is 27.1 Å². The Morgan fingerprint density at radius 2 is 2.25 bits per heavy atom. The van der Waals surface area contributed by atoms with Crippen molar-refractivity contribution in [3.63, 3.8) is 0 Å². The molecule has 84 valence electrons. The number of hydrogen-bond acceptors (Lipinski definition) is 5. The fraction of sp³-hybridized carbons (Fsp3) is 0.200. The van der Waals surface area contributed by atoms with E-state index < -0.39 is 0 Å². The van der Waals surface area contributed by atoms with E-state index in [0.29, 0.717) is 11.9 Å². The van der Waals surface area contributed by atoms with Crippen LogP contribution < -0.4 is 11.1 Å². The van der Waals surface area contributed by atoms with Crippen molar-refractivity contribution in [3.05, 3.63) is 34.1 Å². The van der Waals surface area contributed by atoms with Crippen LogP contribution in [0.3, 0.4) is 0 Å². The summed E-state index contributed by atoms with van der Waals surface area (Å²) in [6.45, 7) is 2.24. The molecule has 6 heteroatoms. The molecule has 16 heavy (non-hydrogen) atoms. The van der Waals surface area contributed by atoms with Gasteiger partial charge in [-0.25, -0.2) is 0 Å². The molecule has 0 aliphatic rings. The minimum atomic E-state index is 0.244. The number of anilines is 2. The normalized spacial score (nSPS) is 10.4. The van der Waals surface area contributed by atoms with Crippen LogP contribution in [-0.4, -0.2) is 10.2 Å². The molecule has 0 spiro atoms. The number of rotatable bonds is 3. The van der Waals surface area contributed by atoms with Gasteiger partial charge in [-0.05, 0) is 30.7 Å². The van der Waals surface area contributed by atoms with Crippen molar-refractivity contribution in [1.29, 1.82) is 0 Å². The maximum Gasteiger partial charge on any atom is 0.320 e. The molecule has 0 aliphatic heterocycles. The van der Waals surface area contributed by atoms with Gasteiger partial charge in [0.25, 0.3) is 0 Å². The molecule has 1 aromatic carbocycles. The highest BCUT2D eigenvalue weighted by Crippen LogP contribution is 2.22. The number of nitrogens with zero attached hydrogens (tertiary/aromatic N) is 2. The third-order valence-corrected chi connectivity index (χ3v) is 2.56. The molecule has 0 amide bonds. The quantitative estimate of drug-likeness (QED) is 0.904. The van der Waals surface area contributed by atoms with Crippen molar-refractivity contribution < 1.29 is 4.42 Å². The number of nitrogens with two attached hydrogens (primary N) is 1. The van der Waals surface area contributed by atoms with Gasteiger partial charge in [-0.2, -0.15) is 0 Å². The van der Waals surface area contributed by atoms with Crippen molar-refractivity contribution in [2.45, 2.75) is 13.5 Å². The molecule has 5 nitrogen and oxygen atoms in total. The highest BCUT2D eigenvalue weighted by molar-refractivity contribution is 9.10. The Morgan fingerprint density at radius 3 is 2.88 bits per heavy atom. The van der Waals surface area contributed by atoms with Crippen molar-refractivity contribution in [3.8, 4) is 0 Å². The van der Waals surface area contributed by atoms with E-state index in [1.165, 1.54) is 0 Å². The highest BCUT2D eigenvalue weighted by Gasteiger charge is 2.06. The summed E-state index contributed by atoms with van der Waals surface area (Å²) in [5.41, 5.74) is 7.39. The lowest BCUT2D eigenvalue weighted by Gasteiger charge is -2.05. The van der Waals surface area contributed by atoms with Gasteiger partial charge in [-0.3, -0.25) is 0 Å². The Labute approximate surface area is 101 Å². The molecule has 0 bridgehead atoms. The summed E-state index contributed by atoms with van der Waals surface area (Å²) in [6.07, 6.45) is 0. The molecule has 0 atom stereocenters. The van der Waals surface area contributed by atoms with E-state index in [1.54, 1.807) is 0 Å². The van der Waals surface area contributed by atoms with Crippen molar-refractivity contribution in [2.75, 3.05) is 5.32 Å². The second-order valence-corrected chi connectivity index (χ2v) is 4.20. The number of hydrogen-bond donors (Lipinski definition) is 2. The summed E-state index contributed by atoms with van der Waals surface area (Å²) in [4.78, 5) is 0. The zero-order valence-corrected chi connectivity index (χ0v) is 10.3. The summed E-state index contributed by atoms with van der Waals surface area (Å²) in [6, 6.07) is 6.23. The van der Waals surface area contributed by atoms with E-state index in [4.69, 9.17) is 10.2 Å². The fourth-order valence-corrected chi connectivity index (χ4v) is 1.74. The molecule has 1 aromatic heterocycles. The van der Waals surface area contributed by atoms with Gasteiger partial charge in [0.05, 0.1) is 6.54 Å². The molecule has 0 fully saturated rings. The van der Waals surface area contributed by atoms with E-state index in [1.807, 2.05) is 25.1 Å². The third-order valence-electron chi connectivity index (χ3n) is 2.07. The Bertz CT molecular complexity index is 497. The molecule has 2 aromatic rings. The van der Waals surface area contributed by atoms with Crippen molar-refractivity contribution >= 4 is 27.6 Å². The molecule has 0 unspecified atom stereocenters. The average Bonchev–Trinajstić information content (AvgIpc) is 2.70. The van der Waals surface area contributed by atoms with Gasteiger partial charge in [0.15, 0.2) is 0 Å². The van der Waals surface area contributed by atoms with Crippen LogP contribution in [0.5, 0.6) is 0 Å². The molecular weight excluding hydrogens is 272 g/mol. The molecular formula is C10H11BrN4O. The zero-order chi connectivity index (χ0) is 11.5. The number of aromatic nitrogens is 2. The second kappa shape index (κ2) is 4.63. The standard InChI is InChI=1S/C10H11BrN4O/c1-6-4-7(11)2-3-8(6)13-10-15-14-9(5-12)16-10/h2-4H,5,12H2,1H3,(H,13,15). The first-order valence-corrected chi connectivity index (χ1v) is 5.54. The molecule has 0 radical (unpaired) electrons. The van der Waals surface area contributed by atoms with Gasteiger partial charge in [0, 0.05) is 10.2 Å². The fourth-order valence-electron chi connectivity index (χ4n) is 1.27. The molecule has 3 N–H and O–H groups in total. The van der Waals surface area contributed by atoms with Crippen LogP contribution in [0.4, 0.5) is 11.7 Å². The van der Waals surface area contributed by atoms with E-state index in [0.717, 1.165) is 15.7 Å². The van der Waals surface area contributed by atoms with Gasteiger partial charge in [0.1, 0.15) is 0 Å². The first-order chi connectivity index (χ1) is 7.69. The number of benzene rings is 1. The summed E-state index contributed by atoms with van der Waals surface area (Å²) < 4.78 is 6.28. The predicted octanol–water partition coefficient (Wildman–Crippen LogP) is 2.34. The van der Waals surface area contributed by atoms with Gasteiger partial charge < -0.3 is 15.5 Å². The third kappa shape index (κ3) is 2.40. The van der Waals surface area contributed by atoms with Crippen molar-refractivity contribution in [2.24, 2.45) is 5.73 Å². The average molecular weight is 283 g/mol. The molecule has 1 heterocycles. The summed E-state index contributed by atoms with van der Waals surface area (Å²) >= 11 is 3.40. The maximum absolute atomic E-state index is 5.38. The summed E-state index contributed by atoms with van der Waals surface area (Å²) in [5.74, 6) is 0.414. The van der Waals surface area contributed by atoms with Gasteiger partial charge in [-0.1, -0.05) is 21.0 Å². The van der Waals surface area contributed by atoms with Crippen LogP contribution in [0, 0.1) is 6.92 Å². The summed E-state index contributed by atoms with van der Waals surface area (Å²) in [7, 11) is 0. The van der Waals surface area contributed by atoms with Crippen LogP contribution >= 0.6 is 15.9 Å². The molecule has 0 saturated carbocycles. The smallest absolute Gasteiger partial charge is 0.320 e. The topological polar surface area (TPSA) is 77.0 Å². The van der Waals surface area contributed by atoms with Crippen LogP contribution in [0.1, 0.15) is 11.5 Å². The molecule has 0 saturated heterocycles. The van der Waals surface area contributed by atoms with Gasteiger partial charge >= 0.3 is 6.01 Å². The second-order valence-electron chi connectivity index (χ2n) is 3.29. The lowest BCUT2D eigenvalue weighted by molar-refractivity contribution is 0.511. The Hall–Kier alpha value is -1.40. The number of nitrogens with one attached hydrogen (secondary N) is 1. The van der Waals surface area contributed by atoms with Crippen LogP contribution in [0.25, 0.3) is 0 Å². The van der Waals surface area contributed by atoms with E-state index in [9.17, 15) is 0 Å². The SMILES string of the molecule is Cc1cc(Br)ccc1Nc1nnc(CN)o1. The molecule has 0 aliphatic carbocycles. The number of aryl methyl sites for hydroxylation is 1. The minimum absolute atomic E-state index is 0.244.